The second kappa shape index (κ2) is 5.92. The van der Waals surface area contributed by atoms with Gasteiger partial charge in [-0.2, -0.15) is 0 Å². The Morgan fingerprint density at radius 2 is 2.12 bits per heavy atom. The van der Waals surface area contributed by atoms with Gasteiger partial charge in [-0.05, 0) is 31.0 Å². The third-order valence-corrected chi connectivity index (χ3v) is 2.79. The monoisotopic (exact) mass is 254 g/mol. The predicted octanol–water partition coefficient (Wildman–Crippen LogP) is 3.04. The van der Waals surface area contributed by atoms with Crippen LogP contribution in [0.1, 0.15) is 31.1 Å². The molecule has 2 N–H and O–H groups in total. The van der Waals surface area contributed by atoms with E-state index in [1.165, 1.54) is 0 Å². The average Bonchev–Trinajstić information content (AvgIpc) is 2.24. The van der Waals surface area contributed by atoms with Gasteiger partial charge < -0.3 is 10.6 Å². The van der Waals surface area contributed by atoms with Crippen molar-refractivity contribution in [2.75, 3.05) is 18.8 Å². The van der Waals surface area contributed by atoms with Crippen LogP contribution in [0.2, 0.25) is 5.02 Å². The number of benzene rings is 1. The van der Waals surface area contributed by atoms with Gasteiger partial charge in [0.25, 0.3) is 5.91 Å². The maximum Gasteiger partial charge on any atom is 0.255 e. The molecule has 1 amide bonds. The van der Waals surface area contributed by atoms with E-state index in [0.29, 0.717) is 28.7 Å². The zero-order valence-corrected chi connectivity index (χ0v) is 11.3. The third-order valence-electron chi connectivity index (χ3n) is 2.48. The number of anilines is 1. The van der Waals surface area contributed by atoms with Crippen LogP contribution in [0.15, 0.2) is 18.2 Å². The summed E-state index contributed by atoms with van der Waals surface area (Å²) >= 11 is 6.03. The summed E-state index contributed by atoms with van der Waals surface area (Å²) in [6, 6.07) is 4.99. The van der Waals surface area contributed by atoms with Crippen molar-refractivity contribution >= 4 is 23.2 Å². The lowest BCUT2D eigenvalue weighted by Crippen LogP contribution is -2.34. The van der Waals surface area contributed by atoms with Crippen molar-refractivity contribution in [2.24, 2.45) is 5.92 Å². The molecule has 1 aromatic carbocycles. The van der Waals surface area contributed by atoms with E-state index in [1.807, 2.05) is 6.92 Å². The van der Waals surface area contributed by atoms with Crippen molar-refractivity contribution in [3.05, 3.63) is 28.8 Å². The van der Waals surface area contributed by atoms with E-state index in [-0.39, 0.29) is 5.91 Å². The average molecular weight is 255 g/mol. The van der Waals surface area contributed by atoms with Crippen LogP contribution >= 0.6 is 11.6 Å². The summed E-state index contributed by atoms with van der Waals surface area (Å²) in [4.78, 5) is 14.0. The Morgan fingerprint density at radius 3 is 2.59 bits per heavy atom. The second-order valence-corrected chi connectivity index (χ2v) is 4.88. The van der Waals surface area contributed by atoms with Gasteiger partial charge in [-0.25, -0.2) is 0 Å². The van der Waals surface area contributed by atoms with Gasteiger partial charge in [0.1, 0.15) is 0 Å². The zero-order valence-electron chi connectivity index (χ0n) is 10.5. The van der Waals surface area contributed by atoms with E-state index in [9.17, 15) is 4.79 Å². The lowest BCUT2D eigenvalue weighted by atomic mass is 10.1. The predicted molar refractivity (Wildman–Crippen MR) is 72.3 cm³/mol. The highest BCUT2D eigenvalue weighted by Crippen LogP contribution is 2.21. The molecule has 0 radical (unpaired) electrons. The number of nitrogen functional groups attached to an aromatic ring is 1. The quantitative estimate of drug-likeness (QED) is 0.840. The smallest absolute Gasteiger partial charge is 0.255 e. The molecule has 1 aromatic rings. The summed E-state index contributed by atoms with van der Waals surface area (Å²) in [7, 11) is 0. The highest BCUT2D eigenvalue weighted by atomic mass is 35.5. The van der Waals surface area contributed by atoms with Crippen molar-refractivity contribution in [1.82, 2.24) is 4.90 Å². The Bertz CT molecular complexity index is 404. The van der Waals surface area contributed by atoms with Gasteiger partial charge in [0.15, 0.2) is 0 Å². The van der Waals surface area contributed by atoms with Gasteiger partial charge in [-0.3, -0.25) is 4.79 Å². The number of carbonyl (C=O) groups excluding carboxylic acids is 1. The topological polar surface area (TPSA) is 46.3 Å². The fraction of sp³-hybridized carbons (Fsp3) is 0.462. The number of nitrogens with two attached hydrogens (primary N) is 1. The standard InChI is InChI=1S/C13H19ClN2O/c1-4-16(8-9(2)3)13(17)11-6-5-10(15)7-12(11)14/h5-7,9H,4,8,15H2,1-3H3. The molecular formula is C13H19ClN2O. The fourth-order valence-electron chi connectivity index (χ4n) is 1.67. The summed E-state index contributed by atoms with van der Waals surface area (Å²) in [5.74, 6) is 0.401. The van der Waals surface area contributed by atoms with E-state index >= 15 is 0 Å². The normalized spacial score (nSPS) is 10.6. The van der Waals surface area contributed by atoms with Crippen molar-refractivity contribution in [3.63, 3.8) is 0 Å². The van der Waals surface area contributed by atoms with E-state index in [0.717, 1.165) is 6.54 Å². The molecule has 4 heteroatoms. The van der Waals surface area contributed by atoms with Crippen molar-refractivity contribution < 1.29 is 4.79 Å². The number of nitrogens with zero attached hydrogens (tertiary/aromatic N) is 1. The van der Waals surface area contributed by atoms with Crippen LogP contribution in [0.4, 0.5) is 5.69 Å². The summed E-state index contributed by atoms with van der Waals surface area (Å²) in [6.07, 6.45) is 0. The minimum atomic E-state index is -0.0359. The Kier molecular flexibility index (Phi) is 4.82. The molecule has 94 valence electrons. The van der Waals surface area contributed by atoms with Gasteiger partial charge >= 0.3 is 0 Å². The Labute approximate surface area is 108 Å². The molecule has 0 fully saturated rings. The summed E-state index contributed by atoms with van der Waals surface area (Å²) in [6.45, 7) is 7.54. The van der Waals surface area contributed by atoms with Crippen LogP contribution in [-0.2, 0) is 0 Å². The van der Waals surface area contributed by atoms with Crippen molar-refractivity contribution in [2.45, 2.75) is 20.8 Å². The molecule has 0 saturated heterocycles. The van der Waals surface area contributed by atoms with Crippen LogP contribution in [0.25, 0.3) is 0 Å². The first kappa shape index (κ1) is 13.8. The largest absolute Gasteiger partial charge is 0.399 e. The summed E-state index contributed by atoms with van der Waals surface area (Å²) in [5, 5.41) is 0.414. The lowest BCUT2D eigenvalue weighted by molar-refractivity contribution is 0.0746. The first-order valence-corrected chi connectivity index (χ1v) is 6.17. The zero-order chi connectivity index (χ0) is 13.0. The minimum absolute atomic E-state index is 0.0359. The maximum absolute atomic E-state index is 12.2. The summed E-state index contributed by atoms with van der Waals surface area (Å²) in [5.41, 5.74) is 6.69. The lowest BCUT2D eigenvalue weighted by Gasteiger charge is -2.23. The first-order chi connectivity index (χ1) is 7.95. The number of halogens is 1. The van der Waals surface area contributed by atoms with Gasteiger partial charge in [0, 0.05) is 18.8 Å². The molecule has 17 heavy (non-hydrogen) atoms. The van der Waals surface area contributed by atoms with Crippen LogP contribution in [0.5, 0.6) is 0 Å². The van der Waals surface area contributed by atoms with Crippen molar-refractivity contribution in [1.29, 1.82) is 0 Å². The van der Waals surface area contributed by atoms with Gasteiger partial charge in [-0.15, -0.1) is 0 Å². The first-order valence-electron chi connectivity index (χ1n) is 5.80. The van der Waals surface area contributed by atoms with Gasteiger partial charge in [-0.1, -0.05) is 25.4 Å². The number of carbonyl (C=O) groups is 1. The third kappa shape index (κ3) is 3.63. The molecule has 0 atom stereocenters. The van der Waals surface area contributed by atoms with E-state index in [2.05, 4.69) is 13.8 Å². The number of hydrogen-bond acceptors (Lipinski definition) is 2. The Balaban J connectivity index is 2.93. The number of amides is 1. The number of hydrogen-bond donors (Lipinski definition) is 1. The minimum Gasteiger partial charge on any atom is -0.399 e. The number of rotatable bonds is 4. The van der Waals surface area contributed by atoms with Crippen LogP contribution in [-0.4, -0.2) is 23.9 Å². The summed E-state index contributed by atoms with van der Waals surface area (Å²) < 4.78 is 0. The molecule has 1 rings (SSSR count). The van der Waals surface area contributed by atoms with Crippen LogP contribution in [0.3, 0.4) is 0 Å². The molecule has 0 aliphatic rings. The Hall–Kier alpha value is -1.22. The SMILES string of the molecule is CCN(CC(C)C)C(=O)c1ccc(N)cc1Cl. The molecule has 0 heterocycles. The van der Waals surface area contributed by atoms with Crippen LogP contribution < -0.4 is 5.73 Å². The molecule has 0 spiro atoms. The molecule has 0 aliphatic carbocycles. The van der Waals surface area contributed by atoms with Gasteiger partial charge in [0.2, 0.25) is 0 Å². The van der Waals surface area contributed by atoms with Gasteiger partial charge in [0.05, 0.1) is 10.6 Å². The fourth-order valence-corrected chi connectivity index (χ4v) is 1.94. The van der Waals surface area contributed by atoms with Crippen molar-refractivity contribution in [3.8, 4) is 0 Å². The second-order valence-electron chi connectivity index (χ2n) is 4.48. The molecular weight excluding hydrogens is 236 g/mol. The molecule has 0 aromatic heterocycles. The highest BCUT2D eigenvalue weighted by Gasteiger charge is 2.17. The van der Waals surface area contributed by atoms with E-state index in [1.54, 1.807) is 23.1 Å². The van der Waals surface area contributed by atoms with E-state index < -0.39 is 0 Å². The molecule has 0 saturated carbocycles. The molecule has 3 nitrogen and oxygen atoms in total. The molecule has 0 aliphatic heterocycles. The Morgan fingerprint density at radius 1 is 1.47 bits per heavy atom. The maximum atomic E-state index is 12.2. The highest BCUT2D eigenvalue weighted by molar-refractivity contribution is 6.34. The van der Waals surface area contributed by atoms with E-state index in [4.69, 9.17) is 17.3 Å². The van der Waals surface area contributed by atoms with Crippen LogP contribution in [0, 0.1) is 5.92 Å². The molecule has 0 bridgehead atoms. The molecule has 0 unspecified atom stereocenters.